The second-order valence-electron chi connectivity index (χ2n) is 5.82. The summed E-state index contributed by atoms with van der Waals surface area (Å²) in [7, 11) is 0. The van der Waals surface area contributed by atoms with Crippen molar-refractivity contribution in [2.75, 3.05) is 0 Å². The van der Waals surface area contributed by atoms with Crippen molar-refractivity contribution >= 4 is 11.6 Å². The molecule has 2 aliphatic rings. The molecule has 0 bridgehead atoms. The fourth-order valence-electron chi connectivity index (χ4n) is 2.73. The van der Waals surface area contributed by atoms with Gasteiger partial charge in [0.25, 0.3) is 5.79 Å². The Morgan fingerprint density at radius 1 is 1.17 bits per heavy atom. The van der Waals surface area contributed by atoms with Gasteiger partial charge in [0.15, 0.2) is 11.5 Å². The Balaban J connectivity index is 2.00. The molecule has 0 unspecified atom stereocenters. The van der Waals surface area contributed by atoms with Gasteiger partial charge in [-0.1, -0.05) is 11.6 Å². The molecule has 18 heavy (non-hydrogen) atoms. The normalized spacial score (nSPS) is 20.7. The zero-order chi connectivity index (χ0) is 13.0. The van der Waals surface area contributed by atoms with Gasteiger partial charge in [-0.3, -0.25) is 0 Å². The third kappa shape index (κ3) is 1.86. The number of hydrogen-bond donors (Lipinski definition) is 1. The van der Waals surface area contributed by atoms with Gasteiger partial charge in [-0.25, -0.2) is 0 Å². The summed E-state index contributed by atoms with van der Waals surface area (Å²) in [4.78, 5) is 0. The van der Waals surface area contributed by atoms with Crippen molar-refractivity contribution in [2.24, 2.45) is 5.73 Å². The molecule has 0 aromatic heterocycles. The predicted molar refractivity (Wildman–Crippen MR) is 71.1 cm³/mol. The van der Waals surface area contributed by atoms with E-state index in [1.165, 1.54) is 0 Å². The van der Waals surface area contributed by atoms with Gasteiger partial charge in [0.1, 0.15) is 0 Å². The molecule has 1 saturated carbocycles. The molecular weight excluding hydrogens is 250 g/mol. The first-order valence-corrected chi connectivity index (χ1v) is 6.78. The van der Waals surface area contributed by atoms with Crippen LogP contribution in [0.3, 0.4) is 0 Å². The van der Waals surface area contributed by atoms with Crippen LogP contribution in [0, 0.1) is 0 Å². The summed E-state index contributed by atoms with van der Waals surface area (Å²) < 4.78 is 12.0. The lowest BCUT2D eigenvalue weighted by Crippen LogP contribution is -2.34. The van der Waals surface area contributed by atoms with Crippen LogP contribution in [0.2, 0.25) is 5.02 Å². The number of fused-ring (bicyclic) bond motifs is 1. The SMILES string of the molecule is CC(C)(N)c1cc2c(cc1Cl)OC1(CCCC1)O2. The lowest BCUT2D eigenvalue weighted by molar-refractivity contribution is -0.0716. The maximum atomic E-state index is 6.27. The summed E-state index contributed by atoms with van der Waals surface area (Å²) in [5.41, 5.74) is 6.52. The van der Waals surface area contributed by atoms with E-state index in [2.05, 4.69) is 0 Å². The topological polar surface area (TPSA) is 44.5 Å². The minimum atomic E-state index is -0.485. The second-order valence-corrected chi connectivity index (χ2v) is 6.23. The van der Waals surface area contributed by atoms with Crippen LogP contribution < -0.4 is 15.2 Å². The van der Waals surface area contributed by atoms with Crippen LogP contribution in [0.4, 0.5) is 0 Å². The molecule has 3 rings (SSSR count). The molecular formula is C14H18ClNO2. The van der Waals surface area contributed by atoms with Crippen molar-refractivity contribution in [2.45, 2.75) is 50.9 Å². The smallest absolute Gasteiger partial charge is 0.251 e. The van der Waals surface area contributed by atoms with E-state index in [-0.39, 0.29) is 0 Å². The van der Waals surface area contributed by atoms with Gasteiger partial charge in [-0.2, -0.15) is 0 Å². The molecule has 1 aromatic rings. The average molecular weight is 268 g/mol. The van der Waals surface area contributed by atoms with Crippen LogP contribution in [-0.2, 0) is 5.54 Å². The molecule has 0 atom stereocenters. The summed E-state index contributed by atoms with van der Waals surface area (Å²) in [6.07, 6.45) is 4.19. The van der Waals surface area contributed by atoms with E-state index in [1.54, 1.807) is 0 Å². The van der Waals surface area contributed by atoms with Crippen molar-refractivity contribution < 1.29 is 9.47 Å². The summed E-state index contributed by atoms with van der Waals surface area (Å²) in [5, 5.41) is 0.639. The molecule has 0 radical (unpaired) electrons. The first kappa shape index (κ1) is 12.1. The molecule has 1 fully saturated rings. The van der Waals surface area contributed by atoms with Crippen molar-refractivity contribution in [3.8, 4) is 11.5 Å². The van der Waals surface area contributed by atoms with E-state index in [0.717, 1.165) is 42.7 Å². The van der Waals surface area contributed by atoms with Crippen molar-refractivity contribution in [3.05, 3.63) is 22.7 Å². The zero-order valence-corrected chi connectivity index (χ0v) is 11.5. The molecule has 4 heteroatoms. The first-order valence-electron chi connectivity index (χ1n) is 6.41. The molecule has 1 aliphatic carbocycles. The number of rotatable bonds is 1. The Bertz CT molecular complexity index is 487. The van der Waals surface area contributed by atoms with Crippen molar-refractivity contribution in [1.82, 2.24) is 0 Å². The summed E-state index contributed by atoms with van der Waals surface area (Å²) >= 11 is 6.27. The molecule has 3 nitrogen and oxygen atoms in total. The Morgan fingerprint density at radius 3 is 2.28 bits per heavy atom. The summed E-state index contributed by atoms with van der Waals surface area (Å²) in [6, 6.07) is 3.75. The van der Waals surface area contributed by atoms with Crippen LogP contribution in [-0.4, -0.2) is 5.79 Å². The van der Waals surface area contributed by atoms with E-state index < -0.39 is 11.3 Å². The lowest BCUT2D eigenvalue weighted by Gasteiger charge is -2.21. The standard InChI is InChI=1S/C14H18ClNO2/c1-13(2,16)9-7-11-12(8-10(9)15)18-14(17-11)5-3-4-6-14/h7-8H,3-6,16H2,1-2H3. The second kappa shape index (κ2) is 3.78. The van der Waals surface area contributed by atoms with Gasteiger partial charge in [0, 0.05) is 29.5 Å². The van der Waals surface area contributed by atoms with E-state index in [9.17, 15) is 0 Å². The lowest BCUT2D eigenvalue weighted by atomic mass is 9.95. The zero-order valence-electron chi connectivity index (χ0n) is 10.8. The van der Waals surface area contributed by atoms with E-state index in [1.807, 2.05) is 26.0 Å². The fraction of sp³-hybridized carbons (Fsp3) is 0.571. The van der Waals surface area contributed by atoms with E-state index >= 15 is 0 Å². The highest BCUT2D eigenvalue weighted by Gasteiger charge is 2.44. The molecule has 1 aromatic carbocycles. The first-order chi connectivity index (χ1) is 8.40. The minimum absolute atomic E-state index is 0.441. The number of nitrogens with two attached hydrogens (primary N) is 1. The molecule has 98 valence electrons. The van der Waals surface area contributed by atoms with Crippen molar-refractivity contribution in [1.29, 1.82) is 0 Å². The van der Waals surface area contributed by atoms with Crippen LogP contribution in [0.15, 0.2) is 12.1 Å². The third-order valence-corrected chi connectivity index (χ3v) is 4.00. The predicted octanol–water partition coefficient (Wildman–Crippen LogP) is 3.58. The molecule has 1 heterocycles. The van der Waals surface area contributed by atoms with Gasteiger partial charge in [0.2, 0.25) is 0 Å². The fourth-order valence-corrected chi connectivity index (χ4v) is 3.13. The molecule has 1 aliphatic heterocycles. The van der Waals surface area contributed by atoms with Crippen LogP contribution in [0.25, 0.3) is 0 Å². The number of benzene rings is 1. The quantitative estimate of drug-likeness (QED) is 0.846. The molecule has 1 spiro atoms. The largest absolute Gasteiger partial charge is 0.448 e. The Hall–Kier alpha value is -0.930. The van der Waals surface area contributed by atoms with Gasteiger partial charge in [-0.15, -0.1) is 0 Å². The number of ether oxygens (including phenoxy) is 2. The van der Waals surface area contributed by atoms with Gasteiger partial charge >= 0.3 is 0 Å². The molecule has 0 amide bonds. The van der Waals surface area contributed by atoms with Gasteiger partial charge in [-0.05, 0) is 38.3 Å². The maximum Gasteiger partial charge on any atom is 0.251 e. The molecule has 2 N–H and O–H groups in total. The Kier molecular flexibility index (Phi) is 2.55. The average Bonchev–Trinajstić information content (AvgIpc) is 2.82. The van der Waals surface area contributed by atoms with Crippen LogP contribution >= 0.6 is 11.6 Å². The van der Waals surface area contributed by atoms with Gasteiger partial charge < -0.3 is 15.2 Å². The highest BCUT2D eigenvalue weighted by molar-refractivity contribution is 6.31. The molecule has 0 saturated heterocycles. The van der Waals surface area contributed by atoms with Crippen LogP contribution in [0.5, 0.6) is 11.5 Å². The highest BCUT2D eigenvalue weighted by Crippen LogP contribution is 2.49. The number of hydrogen-bond acceptors (Lipinski definition) is 3. The minimum Gasteiger partial charge on any atom is -0.448 e. The summed E-state index contributed by atoms with van der Waals surface area (Å²) in [5.74, 6) is 1.08. The van der Waals surface area contributed by atoms with E-state index in [0.29, 0.717) is 5.02 Å². The van der Waals surface area contributed by atoms with Gasteiger partial charge in [0.05, 0.1) is 0 Å². The van der Waals surface area contributed by atoms with E-state index in [4.69, 9.17) is 26.8 Å². The highest BCUT2D eigenvalue weighted by atomic mass is 35.5. The third-order valence-electron chi connectivity index (χ3n) is 3.68. The van der Waals surface area contributed by atoms with Crippen molar-refractivity contribution in [3.63, 3.8) is 0 Å². The summed E-state index contributed by atoms with van der Waals surface area (Å²) in [6.45, 7) is 3.86. The Labute approximate surface area is 112 Å². The van der Waals surface area contributed by atoms with Crippen LogP contribution in [0.1, 0.15) is 45.1 Å². The Morgan fingerprint density at radius 2 is 1.72 bits per heavy atom. The maximum absolute atomic E-state index is 6.27. The monoisotopic (exact) mass is 267 g/mol. The number of halogens is 1.